The van der Waals surface area contributed by atoms with Crippen molar-refractivity contribution >= 4 is 12.0 Å². The topological polar surface area (TPSA) is 32.7 Å². The van der Waals surface area contributed by atoms with Gasteiger partial charge in [0, 0.05) is 31.7 Å². The number of hydrogen-bond acceptors (Lipinski definition) is 3. The fraction of sp³-hybridized carbons (Fsp3) is 0.250. The Morgan fingerprint density at radius 1 is 1.21 bits per heavy atom. The summed E-state index contributed by atoms with van der Waals surface area (Å²) in [6.45, 7) is 7.44. The molecule has 0 aliphatic carbocycles. The van der Waals surface area contributed by atoms with Crippen LogP contribution in [-0.2, 0) is 4.79 Å². The zero-order valence-electron chi connectivity index (χ0n) is 12.1. The Morgan fingerprint density at radius 2 is 1.89 bits per heavy atom. The number of likely N-dealkylation sites (N-methyl/N-ethyl adjacent to an activating group) is 1. The van der Waals surface area contributed by atoms with Crippen molar-refractivity contribution in [2.45, 2.75) is 13.8 Å². The van der Waals surface area contributed by atoms with Crippen molar-refractivity contribution in [1.82, 2.24) is 4.90 Å². The van der Waals surface area contributed by atoms with Crippen molar-refractivity contribution in [3.63, 3.8) is 0 Å². The number of hydrogen-bond donors (Lipinski definition) is 0. The highest BCUT2D eigenvalue weighted by Gasteiger charge is 1.90. The summed E-state index contributed by atoms with van der Waals surface area (Å²) in [7, 11) is 3.91. The van der Waals surface area contributed by atoms with Crippen LogP contribution in [0.25, 0.3) is 0 Å². The minimum Gasteiger partial charge on any atom is -0.378 e. The van der Waals surface area contributed by atoms with Gasteiger partial charge >= 0.3 is 0 Å². The smallest absolute Gasteiger partial charge is 0.178 e. The monoisotopic (exact) mass is 258 g/mol. The molecule has 0 atom stereocenters. The maximum Gasteiger partial charge on any atom is 0.178 e. The number of carbonyl (C=O) groups excluding carboxylic acids is 1. The molecule has 0 fully saturated rings. The first-order chi connectivity index (χ1) is 9.01. The zero-order chi connectivity index (χ0) is 14.7. The molecule has 0 radical (unpaired) electrons. The van der Waals surface area contributed by atoms with Crippen LogP contribution in [0.2, 0.25) is 0 Å². The van der Waals surface area contributed by atoms with Gasteiger partial charge in [-0.25, -0.2) is 0 Å². The number of nitrogens with zero attached hydrogens (tertiary/aromatic N) is 2. The zero-order valence-corrected chi connectivity index (χ0v) is 12.1. The first-order valence-corrected chi connectivity index (χ1v) is 6.07. The average Bonchev–Trinajstić information content (AvgIpc) is 2.35. The molecular weight excluding hydrogens is 236 g/mol. The Hall–Kier alpha value is -2.16. The number of rotatable bonds is 7. The molecule has 3 nitrogen and oxygen atoms in total. The molecule has 0 aliphatic rings. The van der Waals surface area contributed by atoms with E-state index in [4.69, 9.17) is 0 Å². The Kier molecular flexibility index (Phi) is 8.71. The molecule has 0 saturated carbocycles. The SMILES string of the molecule is C=C\C(=C/C=C(C)/N=C\C=C/C(=O)/C=C\C)N(C)C. The van der Waals surface area contributed by atoms with Crippen LogP contribution >= 0.6 is 0 Å². The van der Waals surface area contributed by atoms with Crippen molar-refractivity contribution in [3.05, 3.63) is 60.5 Å². The number of carbonyl (C=O) groups is 1. The molecule has 0 heterocycles. The predicted molar refractivity (Wildman–Crippen MR) is 83.2 cm³/mol. The summed E-state index contributed by atoms with van der Waals surface area (Å²) in [5, 5.41) is 0. The standard InChI is InChI=1S/C16H22N2O/c1-6-9-16(19)10-8-13-17-14(3)11-12-15(7-2)18(4)5/h6-13H,2H2,1,3-5H3/b9-6-,10-8-,14-11+,15-12+,17-13-. The predicted octanol–water partition coefficient (Wildman–Crippen LogP) is 3.29. The van der Waals surface area contributed by atoms with E-state index in [0.717, 1.165) is 11.4 Å². The van der Waals surface area contributed by atoms with Crippen LogP contribution in [0.3, 0.4) is 0 Å². The molecular formula is C16H22N2O. The second-order valence-corrected chi connectivity index (χ2v) is 4.04. The van der Waals surface area contributed by atoms with E-state index in [0.29, 0.717) is 0 Å². The molecule has 0 aromatic heterocycles. The van der Waals surface area contributed by atoms with Gasteiger partial charge in [0.1, 0.15) is 0 Å². The lowest BCUT2D eigenvalue weighted by molar-refractivity contribution is -0.110. The summed E-state index contributed by atoms with van der Waals surface area (Å²) in [5.41, 5.74) is 1.86. The van der Waals surface area contributed by atoms with Crippen LogP contribution in [0.4, 0.5) is 0 Å². The second kappa shape index (κ2) is 9.83. The summed E-state index contributed by atoms with van der Waals surface area (Å²) in [6.07, 6.45) is 13.5. The third-order valence-corrected chi connectivity index (χ3v) is 2.18. The lowest BCUT2D eigenvalue weighted by atomic mass is 10.3. The van der Waals surface area contributed by atoms with Crippen molar-refractivity contribution in [3.8, 4) is 0 Å². The highest BCUT2D eigenvalue weighted by molar-refractivity contribution is 6.01. The quantitative estimate of drug-likeness (QED) is 0.399. The Labute approximate surface area is 116 Å². The normalized spacial score (nSPS) is 13.7. The van der Waals surface area contributed by atoms with Crippen molar-refractivity contribution in [2.24, 2.45) is 4.99 Å². The molecule has 0 spiro atoms. The van der Waals surface area contributed by atoms with E-state index in [2.05, 4.69) is 11.6 Å². The maximum atomic E-state index is 11.1. The molecule has 3 heteroatoms. The van der Waals surface area contributed by atoms with Crippen molar-refractivity contribution in [1.29, 1.82) is 0 Å². The van der Waals surface area contributed by atoms with Gasteiger partial charge in [0.25, 0.3) is 0 Å². The molecule has 0 bridgehead atoms. The van der Waals surface area contributed by atoms with E-state index < -0.39 is 0 Å². The molecule has 0 amide bonds. The van der Waals surface area contributed by atoms with E-state index >= 15 is 0 Å². The molecule has 19 heavy (non-hydrogen) atoms. The van der Waals surface area contributed by atoms with Crippen molar-refractivity contribution in [2.75, 3.05) is 14.1 Å². The van der Waals surface area contributed by atoms with Crippen LogP contribution in [0.15, 0.2) is 65.5 Å². The summed E-state index contributed by atoms with van der Waals surface area (Å²) in [4.78, 5) is 17.3. The molecule has 0 rings (SSSR count). The maximum absolute atomic E-state index is 11.1. The van der Waals surface area contributed by atoms with Crippen LogP contribution in [0.1, 0.15) is 13.8 Å². The minimum absolute atomic E-state index is 0.0444. The third kappa shape index (κ3) is 8.55. The lowest BCUT2D eigenvalue weighted by Crippen LogP contribution is -2.08. The van der Waals surface area contributed by atoms with Gasteiger partial charge in [0.15, 0.2) is 5.78 Å². The highest BCUT2D eigenvalue weighted by Crippen LogP contribution is 2.02. The molecule has 0 unspecified atom stereocenters. The van der Waals surface area contributed by atoms with Crippen LogP contribution in [0.5, 0.6) is 0 Å². The largest absolute Gasteiger partial charge is 0.378 e. The molecule has 0 aromatic rings. The first kappa shape index (κ1) is 16.8. The summed E-state index contributed by atoms with van der Waals surface area (Å²) >= 11 is 0. The fourth-order valence-corrected chi connectivity index (χ4v) is 1.17. The Morgan fingerprint density at radius 3 is 2.42 bits per heavy atom. The van der Waals surface area contributed by atoms with E-state index in [1.807, 2.05) is 38.1 Å². The van der Waals surface area contributed by atoms with Gasteiger partial charge < -0.3 is 4.90 Å². The van der Waals surface area contributed by atoms with Gasteiger partial charge in [-0.2, -0.15) is 0 Å². The number of allylic oxidation sites excluding steroid dienone is 8. The molecule has 102 valence electrons. The molecule has 0 aliphatic heterocycles. The van der Waals surface area contributed by atoms with Crippen molar-refractivity contribution < 1.29 is 4.79 Å². The summed E-state index contributed by atoms with van der Waals surface area (Å²) < 4.78 is 0. The lowest BCUT2D eigenvalue weighted by Gasteiger charge is -2.11. The van der Waals surface area contributed by atoms with E-state index in [-0.39, 0.29) is 5.78 Å². The van der Waals surface area contributed by atoms with Gasteiger partial charge in [-0.1, -0.05) is 12.7 Å². The van der Waals surface area contributed by atoms with Gasteiger partial charge in [-0.3, -0.25) is 9.79 Å². The summed E-state index contributed by atoms with van der Waals surface area (Å²) in [5.74, 6) is -0.0444. The van der Waals surface area contributed by atoms with E-state index in [1.165, 1.54) is 12.2 Å². The number of aliphatic imine (C=N–C) groups is 1. The minimum atomic E-state index is -0.0444. The summed E-state index contributed by atoms with van der Waals surface area (Å²) in [6, 6.07) is 0. The van der Waals surface area contributed by atoms with Gasteiger partial charge in [0.05, 0.1) is 0 Å². The Balaban J connectivity index is 4.56. The van der Waals surface area contributed by atoms with Crippen LogP contribution < -0.4 is 0 Å². The van der Waals surface area contributed by atoms with E-state index in [1.54, 1.807) is 31.4 Å². The fourth-order valence-electron chi connectivity index (χ4n) is 1.17. The van der Waals surface area contributed by atoms with Gasteiger partial charge in [0.2, 0.25) is 0 Å². The van der Waals surface area contributed by atoms with E-state index in [9.17, 15) is 4.79 Å². The molecule has 0 aromatic carbocycles. The average molecular weight is 258 g/mol. The first-order valence-electron chi connectivity index (χ1n) is 6.07. The highest BCUT2D eigenvalue weighted by atomic mass is 16.1. The third-order valence-electron chi connectivity index (χ3n) is 2.18. The van der Waals surface area contributed by atoms with Gasteiger partial charge in [-0.15, -0.1) is 0 Å². The molecule has 0 N–H and O–H groups in total. The van der Waals surface area contributed by atoms with Crippen LogP contribution in [-0.4, -0.2) is 31.0 Å². The molecule has 0 saturated heterocycles. The number of ketones is 1. The Bertz CT molecular complexity index is 449. The van der Waals surface area contributed by atoms with Crippen LogP contribution in [0, 0.1) is 0 Å². The van der Waals surface area contributed by atoms with Gasteiger partial charge in [-0.05, 0) is 50.3 Å². The second-order valence-electron chi connectivity index (χ2n) is 4.04.